The highest BCUT2D eigenvalue weighted by Crippen LogP contribution is 2.12. The van der Waals surface area contributed by atoms with Gasteiger partial charge < -0.3 is 15.0 Å². The molecule has 1 aromatic heterocycles. The first kappa shape index (κ1) is 12.2. The highest BCUT2D eigenvalue weighted by atomic mass is 16.5. The topological polar surface area (TPSA) is 71.2 Å². The van der Waals surface area contributed by atoms with Crippen LogP contribution >= 0.6 is 0 Å². The first-order chi connectivity index (χ1) is 8.70. The third-order valence-corrected chi connectivity index (χ3v) is 2.63. The van der Waals surface area contributed by atoms with Crippen molar-refractivity contribution in [3.63, 3.8) is 0 Å². The number of carbonyl (C=O) groups excluding carboxylic acids is 1. The van der Waals surface area contributed by atoms with Crippen LogP contribution < -0.4 is 10.9 Å². The molecule has 2 aromatic rings. The maximum Gasteiger partial charge on any atom is 0.307 e. The Kier molecular flexibility index (Phi) is 3.62. The summed E-state index contributed by atoms with van der Waals surface area (Å²) in [6.45, 7) is 0.418. The van der Waals surface area contributed by atoms with E-state index in [9.17, 15) is 9.59 Å². The number of methoxy groups -OCH3 is 1. The van der Waals surface area contributed by atoms with Crippen molar-refractivity contribution in [1.29, 1.82) is 0 Å². The maximum absolute atomic E-state index is 11.8. The molecule has 0 aliphatic heterocycles. The summed E-state index contributed by atoms with van der Waals surface area (Å²) >= 11 is 0. The standard InChI is InChI=1S/C13H14N2O3/c1-18-12(16)6-7-14-11-8-9-4-2-3-5-10(9)13(17)15-11/h2-5,8H,6-7H2,1H3,(H2,14,15,17). The number of aromatic amines is 1. The predicted molar refractivity (Wildman–Crippen MR) is 69.7 cm³/mol. The maximum atomic E-state index is 11.8. The monoisotopic (exact) mass is 246 g/mol. The fourth-order valence-corrected chi connectivity index (χ4v) is 1.71. The Morgan fingerprint density at radius 1 is 1.39 bits per heavy atom. The third-order valence-electron chi connectivity index (χ3n) is 2.63. The Morgan fingerprint density at radius 3 is 2.94 bits per heavy atom. The van der Waals surface area contributed by atoms with Gasteiger partial charge in [-0.3, -0.25) is 9.59 Å². The van der Waals surface area contributed by atoms with Crippen LogP contribution in [0.2, 0.25) is 0 Å². The van der Waals surface area contributed by atoms with E-state index in [0.29, 0.717) is 17.7 Å². The smallest absolute Gasteiger partial charge is 0.307 e. The Hall–Kier alpha value is -2.30. The molecule has 1 aromatic carbocycles. The molecule has 0 unspecified atom stereocenters. The molecule has 5 heteroatoms. The van der Waals surface area contributed by atoms with Crippen molar-refractivity contribution >= 4 is 22.6 Å². The average Bonchev–Trinajstić information content (AvgIpc) is 2.38. The van der Waals surface area contributed by atoms with E-state index in [1.54, 1.807) is 6.07 Å². The summed E-state index contributed by atoms with van der Waals surface area (Å²) in [7, 11) is 1.35. The van der Waals surface area contributed by atoms with Gasteiger partial charge in [-0.1, -0.05) is 18.2 Å². The van der Waals surface area contributed by atoms with Gasteiger partial charge in [0, 0.05) is 11.9 Å². The van der Waals surface area contributed by atoms with Gasteiger partial charge in [-0.15, -0.1) is 0 Å². The van der Waals surface area contributed by atoms with Crippen LogP contribution in [0.4, 0.5) is 5.82 Å². The Balaban J connectivity index is 2.15. The summed E-state index contributed by atoms with van der Waals surface area (Å²) in [6.07, 6.45) is 0.255. The molecule has 0 fully saturated rings. The van der Waals surface area contributed by atoms with Crippen molar-refractivity contribution in [3.8, 4) is 0 Å². The van der Waals surface area contributed by atoms with E-state index >= 15 is 0 Å². The van der Waals surface area contributed by atoms with E-state index in [0.717, 1.165) is 5.39 Å². The second-order valence-corrected chi connectivity index (χ2v) is 3.85. The normalized spacial score (nSPS) is 10.3. The minimum Gasteiger partial charge on any atom is -0.469 e. The zero-order valence-electron chi connectivity index (χ0n) is 10.0. The summed E-state index contributed by atoms with van der Waals surface area (Å²) in [4.78, 5) is 25.4. The second kappa shape index (κ2) is 5.35. The van der Waals surface area contributed by atoms with Crippen LogP contribution in [0.1, 0.15) is 6.42 Å². The molecule has 2 rings (SSSR count). The number of hydrogen-bond acceptors (Lipinski definition) is 4. The fourth-order valence-electron chi connectivity index (χ4n) is 1.71. The molecule has 0 amide bonds. The van der Waals surface area contributed by atoms with Gasteiger partial charge in [-0.2, -0.15) is 0 Å². The highest BCUT2D eigenvalue weighted by Gasteiger charge is 2.02. The summed E-state index contributed by atoms with van der Waals surface area (Å²) in [6, 6.07) is 9.18. The Bertz CT molecular complexity index is 619. The van der Waals surface area contributed by atoms with Gasteiger partial charge in [0.05, 0.1) is 13.5 Å². The molecule has 2 N–H and O–H groups in total. The Morgan fingerprint density at radius 2 is 2.17 bits per heavy atom. The van der Waals surface area contributed by atoms with Gasteiger partial charge >= 0.3 is 5.97 Å². The molecule has 0 radical (unpaired) electrons. The van der Waals surface area contributed by atoms with Crippen molar-refractivity contribution in [2.75, 3.05) is 19.0 Å². The minimum atomic E-state index is -0.286. The number of benzene rings is 1. The average molecular weight is 246 g/mol. The quantitative estimate of drug-likeness (QED) is 0.802. The molecule has 0 aliphatic carbocycles. The molecule has 0 saturated heterocycles. The summed E-state index contributed by atoms with van der Waals surface area (Å²) < 4.78 is 4.53. The number of rotatable bonds is 4. The number of pyridine rings is 1. The molecule has 5 nitrogen and oxygen atoms in total. The van der Waals surface area contributed by atoms with Crippen molar-refractivity contribution in [2.24, 2.45) is 0 Å². The van der Waals surface area contributed by atoms with Gasteiger partial charge in [-0.25, -0.2) is 0 Å². The van der Waals surface area contributed by atoms with Crippen LogP contribution in [-0.4, -0.2) is 24.6 Å². The largest absolute Gasteiger partial charge is 0.469 e. The molecule has 0 aliphatic rings. The number of ether oxygens (including phenoxy) is 1. The lowest BCUT2D eigenvalue weighted by Gasteiger charge is -2.06. The molecule has 0 atom stereocenters. The van der Waals surface area contributed by atoms with Crippen LogP contribution in [0, 0.1) is 0 Å². The van der Waals surface area contributed by atoms with Crippen molar-refractivity contribution < 1.29 is 9.53 Å². The van der Waals surface area contributed by atoms with Crippen molar-refractivity contribution in [1.82, 2.24) is 4.98 Å². The van der Waals surface area contributed by atoms with Gasteiger partial charge in [0.25, 0.3) is 5.56 Å². The van der Waals surface area contributed by atoms with Crippen LogP contribution in [0.15, 0.2) is 35.1 Å². The number of hydrogen-bond donors (Lipinski definition) is 2. The summed E-state index contributed by atoms with van der Waals surface area (Å²) in [5.41, 5.74) is -0.145. The minimum absolute atomic E-state index is 0.145. The van der Waals surface area contributed by atoms with Crippen molar-refractivity contribution in [2.45, 2.75) is 6.42 Å². The summed E-state index contributed by atoms with van der Waals surface area (Å²) in [5, 5.41) is 4.50. The number of H-pyrrole nitrogens is 1. The van der Waals surface area contributed by atoms with E-state index < -0.39 is 0 Å². The van der Waals surface area contributed by atoms with Crippen LogP contribution in [0.3, 0.4) is 0 Å². The highest BCUT2D eigenvalue weighted by molar-refractivity contribution is 5.83. The number of esters is 1. The molecular formula is C13H14N2O3. The lowest BCUT2D eigenvalue weighted by Crippen LogP contribution is -2.14. The molecular weight excluding hydrogens is 232 g/mol. The predicted octanol–water partition coefficient (Wildman–Crippen LogP) is 1.50. The zero-order chi connectivity index (χ0) is 13.0. The van der Waals surface area contributed by atoms with Crippen LogP contribution in [0.5, 0.6) is 0 Å². The molecule has 0 saturated carbocycles. The van der Waals surface area contributed by atoms with E-state index in [2.05, 4.69) is 15.0 Å². The first-order valence-corrected chi connectivity index (χ1v) is 5.63. The van der Waals surface area contributed by atoms with E-state index in [1.807, 2.05) is 24.3 Å². The van der Waals surface area contributed by atoms with Gasteiger partial charge in [0.2, 0.25) is 0 Å². The number of anilines is 1. The molecule has 0 spiro atoms. The fraction of sp³-hybridized carbons (Fsp3) is 0.231. The Labute approximate surface area is 104 Å². The van der Waals surface area contributed by atoms with E-state index in [4.69, 9.17) is 0 Å². The van der Waals surface area contributed by atoms with E-state index in [-0.39, 0.29) is 17.9 Å². The zero-order valence-corrected chi connectivity index (χ0v) is 10.0. The first-order valence-electron chi connectivity index (χ1n) is 5.63. The van der Waals surface area contributed by atoms with Crippen LogP contribution in [0.25, 0.3) is 10.8 Å². The summed E-state index contributed by atoms with van der Waals surface area (Å²) in [5.74, 6) is 0.313. The SMILES string of the molecule is COC(=O)CCNc1cc2ccccc2c(=O)[nH]1. The van der Waals surface area contributed by atoms with E-state index in [1.165, 1.54) is 7.11 Å². The lowest BCUT2D eigenvalue weighted by molar-refractivity contribution is -0.140. The molecule has 1 heterocycles. The number of nitrogens with one attached hydrogen (secondary N) is 2. The number of fused-ring (bicyclic) bond motifs is 1. The van der Waals surface area contributed by atoms with Gasteiger partial charge in [-0.05, 0) is 17.5 Å². The van der Waals surface area contributed by atoms with Crippen molar-refractivity contribution in [3.05, 3.63) is 40.7 Å². The van der Waals surface area contributed by atoms with Gasteiger partial charge in [0.15, 0.2) is 0 Å². The van der Waals surface area contributed by atoms with Crippen LogP contribution in [-0.2, 0) is 9.53 Å². The second-order valence-electron chi connectivity index (χ2n) is 3.85. The lowest BCUT2D eigenvalue weighted by atomic mass is 10.2. The molecule has 94 valence electrons. The number of aromatic nitrogens is 1. The third kappa shape index (κ3) is 2.68. The molecule has 0 bridgehead atoms. The van der Waals surface area contributed by atoms with Gasteiger partial charge in [0.1, 0.15) is 5.82 Å². The molecule has 18 heavy (non-hydrogen) atoms. The number of carbonyl (C=O) groups is 1.